The van der Waals surface area contributed by atoms with Gasteiger partial charge in [0.2, 0.25) is 0 Å². The third-order valence-electron chi connectivity index (χ3n) is 4.38. The Morgan fingerprint density at radius 3 is 2.82 bits per heavy atom. The molecular formula is C14H27NO2. The molecular weight excluding hydrogens is 214 g/mol. The number of aliphatic hydroxyl groups excluding tert-OH is 1. The van der Waals surface area contributed by atoms with E-state index in [9.17, 15) is 5.11 Å². The number of rotatable bonds is 6. The van der Waals surface area contributed by atoms with E-state index in [1.165, 1.54) is 32.2 Å². The first-order valence-corrected chi connectivity index (χ1v) is 7.32. The van der Waals surface area contributed by atoms with Crippen LogP contribution in [-0.4, -0.2) is 48.5 Å². The smallest absolute Gasteiger partial charge is 0.0583 e. The van der Waals surface area contributed by atoms with Crippen molar-refractivity contribution in [3.63, 3.8) is 0 Å². The van der Waals surface area contributed by atoms with Crippen molar-refractivity contribution in [1.29, 1.82) is 0 Å². The number of hydrogen-bond donors (Lipinski definition) is 1. The topological polar surface area (TPSA) is 32.7 Å². The average molecular weight is 241 g/mol. The van der Waals surface area contributed by atoms with Gasteiger partial charge in [-0.1, -0.05) is 6.42 Å². The van der Waals surface area contributed by atoms with E-state index in [-0.39, 0.29) is 6.10 Å². The molecule has 0 aromatic rings. The van der Waals surface area contributed by atoms with Crippen LogP contribution in [-0.2, 0) is 4.74 Å². The van der Waals surface area contributed by atoms with Gasteiger partial charge in [-0.25, -0.2) is 0 Å². The lowest BCUT2D eigenvalue weighted by molar-refractivity contribution is 0.0680. The van der Waals surface area contributed by atoms with Gasteiger partial charge in [0.05, 0.1) is 6.10 Å². The van der Waals surface area contributed by atoms with E-state index < -0.39 is 0 Å². The first-order valence-electron chi connectivity index (χ1n) is 7.32. The summed E-state index contributed by atoms with van der Waals surface area (Å²) >= 11 is 0. The minimum absolute atomic E-state index is 0.0347. The highest BCUT2D eigenvalue weighted by Crippen LogP contribution is 2.35. The van der Waals surface area contributed by atoms with Crippen LogP contribution >= 0.6 is 0 Å². The first kappa shape index (κ1) is 13.3. The SMILES string of the molecule is CCOCCCN1CCCC1C1CCCC1O. The van der Waals surface area contributed by atoms with E-state index in [0.717, 1.165) is 32.6 Å². The lowest BCUT2D eigenvalue weighted by atomic mass is 9.94. The van der Waals surface area contributed by atoms with E-state index >= 15 is 0 Å². The summed E-state index contributed by atoms with van der Waals surface area (Å²) < 4.78 is 5.40. The molecule has 3 heteroatoms. The molecule has 0 bridgehead atoms. The first-order chi connectivity index (χ1) is 8.33. The van der Waals surface area contributed by atoms with Crippen molar-refractivity contribution in [2.45, 2.75) is 57.6 Å². The summed E-state index contributed by atoms with van der Waals surface area (Å²) in [5.41, 5.74) is 0. The molecule has 0 spiro atoms. The van der Waals surface area contributed by atoms with Crippen molar-refractivity contribution >= 4 is 0 Å². The van der Waals surface area contributed by atoms with E-state index in [2.05, 4.69) is 4.90 Å². The van der Waals surface area contributed by atoms with Gasteiger partial charge in [-0.2, -0.15) is 0 Å². The van der Waals surface area contributed by atoms with E-state index in [1.807, 2.05) is 6.92 Å². The van der Waals surface area contributed by atoms with Crippen LogP contribution in [0.15, 0.2) is 0 Å². The molecule has 1 saturated carbocycles. The molecule has 1 heterocycles. The molecule has 3 nitrogen and oxygen atoms in total. The highest BCUT2D eigenvalue weighted by atomic mass is 16.5. The van der Waals surface area contributed by atoms with Crippen molar-refractivity contribution in [3.05, 3.63) is 0 Å². The highest BCUT2D eigenvalue weighted by molar-refractivity contribution is 4.91. The third-order valence-corrected chi connectivity index (χ3v) is 4.38. The van der Waals surface area contributed by atoms with E-state index in [4.69, 9.17) is 4.74 Å². The zero-order valence-electron chi connectivity index (χ0n) is 11.1. The van der Waals surface area contributed by atoms with Crippen molar-refractivity contribution in [2.24, 2.45) is 5.92 Å². The summed E-state index contributed by atoms with van der Waals surface area (Å²) in [6.45, 7) is 6.12. The van der Waals surface area contributed by atoms with Crippen molar-refractivity contribution in [2.75, 3.05) is 26.3 Å². The highest BCUT2D eigenvalue weighted by Gasteiger charge is 2.37. The van der Waals surface area contributed by atoms with Crippen LogP contribution in [0.25, 0.3) is 0 Å². The number of nitrogens with zero attached hydrogens (tertiary/aromatic N) is 1. The van der Waals surface area contributed by atoms with Gasteiger partial charge in [-0.3, -0.25) is 4.90 Å². The molecule has 1 aliphatic heterocycles. The summed E-state index contributed by atoms with van der Waals surface area (Å²) in [5, 5.41) is 10.0. The standard InChI is InChI=1S/C14H27NO2/c1-2-17-11-5-10-15-9-4-7-13(15)12-6-3-8-14(12)16/h12-14,16H,2-11H2,1H3. The van der Waals surface area contributed by atoms with Crippen LogP contribution in [0.1, 0.15) is 45.4 Å². The molecule has 2 aliphatic rings. The second kappa shape index (κ2) is 6.72. The quantitative estimate of drug-likeness (QED) is 0.722. The molecule has 2 rings (SSSR count). The molecule has 100 valence electrons. The minimum Gasteiger partial charge on any atom is -0.393 e. The second-order valence-corrected chi connectivity index (χ2v) is 5.46. The lowest BCUT2D eigenvalue weighted by Crippen LogP contribution is -2.39. The Bertz CT molecular complexity index is 222. The Labute approximate surface area is 105 Å². The summed E-state index contributed by atoms with van der Waals surface area (Å²) in [4.78, 5) is 2.60. The maximum absolute atomic E-state index is 10.0. The fourth-order valence-corrected chi connectivity index (χ4v) is 3.55. The van der Waals surface area contributed by atoms with Gasteiger partial charge in [0.1, 0.15) is 0 Å². The van der Waals surface area contributed by atoms with Gasteiger partial charge < -0.3 is 9.84 Å². The Kier molecular flexibility index (Phi) is 5.26. The average Bonchev–Trinajstić information content (AvgIpc) is 2.93. The maximum Gasteiger partial charge on any atom is 0.0583 e. The normalized spacial score (nSPS) is 34.6. The van der Waals surface area contributed by atoms with Crippen LogP contribution in [0, 0.1) is 5.92 Å². The van der Waals surface area contributed by atoms with E-state index in [1.54, 1.807) is 0 Å². The monoisotopic (exact) mass is 241 g/mol. The minimum atomic E-state index is -0.0347. The Morgan fingerprint density at radius 1 is 1.24 bits per heavy atom. The summed E-state index contributed by atoms with van der Waals surface area (Å²) in [5.74, 6) is 0.546. The Balaban J connectivity index is 1.76. The second-order valence-electron chi connectivity index (χ2n) is 5.46. The van der Waals surface area contributed by atoms with Crippen LogP contribution in [0.2, 0.25) is 0 Å². The fraction of sp³-hybridized carbons (Fsp3) is 1.00. The molecule has 0 aromatic carbocycles. The number of ether oxygens (including phenoxy) is 1. The summed E-state index contributed by atoms with van der Waals surface area (Å²) in [7, 11) is 0. The zero-order chi connectivity index (χ0) is 12.1. The van der Waals surface area contributed by atoms with Gasteiger partial charge in [0.25, 0.3) is 0 Å². The number of likely N-dealkylation sites (tertiary alicyclic amines) is 1. The molecule has 1 saturated heterocycles. The fourth-order valence-electron chi connectivity index (χ4n) is 3.55. The largest absolute Gasteiger partial charge is 0.393 e. The maximum atomic E-state index is 10.0. The van der Waals surface area contributed by atoms with Gasteiger partial charge in [-0.15, -0.1) is 0 Å². The van der Waals surface area contributed by atoms with Gasteiger partial charge >= 0.3 is 0 Å². The van der Waals surface area contributed by atoms with Crippen molar-refractivity contribution in [1.82, 2.24) is 4.90 Å². The van der Waals surface area contributed by atoms with Crippen LogP contribution in [0.3, 0.4) is 0 Å². The molecule has 0 aromatic heterocycles. The predicted octanol–water partition coefficient (Wildman–Crippen LogP) is 2.04. The third kappa shape index (κ3) is 3.43. The lowest BCUT2D eigenvalue weighted by Gasteiger charge is -2.31. The van der Waals surface area contributed by atoms with Crippen molar-refractivity contribution < 1.29 is 9.84 Å². The van der Waals surface area contributed by atoms with Gasteiger partial charge in [-0.05, 0) is 45.6 Å². The molecule has 3 unspecified atom stereocenters. The Hall–Kier alpha value is -0.120. The van der Waals surface area contributed by atoms with Gasteiger partial charge in [0.15, 0.2) is 0 Å². The molecule has 1 N–H and O–H groups in total. The van der Waals surface area contributed by atoms with Crippen LogP contribution in [0.4, 0.5) is 0 Å². The van der Waals surface area contributed by atoms with Crippen LogP contribution < -0.4 is 0 Å². The predicted molar refractivity (Wildman–Crippen MR) is 69.1 cm³/mol. The number of aliphatic hydroxyl groups is 1. The van der Waals surface area contributed by atoms with Crippen LogP contribution in [0.5, 0.6) is 0 Å². The zero-order valence-corrected chi connectivity index (χ0v) is 11.1. The molecule has 0 radical (unpaired) electrons. The van der Waals surface area contributed by atoms with Crippen molar-refractivity contribution in [3.8, 4) is 0 Å². The van der Waals surface area contributed by atoms with Gasteiger partial charge in [0, 0.05) is 31.7 Å². The molecule has 3 atom stereocenters. The van der Waals surface area contributed by atoms with E-state index in [0.29, 0.717) is 12.0 Å². The molecule has 17 heavy (non-hydrogen) atoms. The Morgan fingerprint density at radius 2 is 2.12 bits per heavy atom. The molecule has 2 fully saturated rings. The number of hydrogen-bond acceptors (Lipinski definition) is 3. The summed E-state index contributed by atoms with van der Waals surface area (Å²) in [6.07, 6.45) is 7.16. The summed E-state index contributed by atoms with van der Waals surface area (Å²) in [6, 6.07) is 0.647. The molecule has 1 aliphatic carbocycles. The molecule has 0 amide bonds.